The third-order valence-electron chi connectivity index (χ3n) is 2.79. The molecule has 0 bridgehead atoms. The standard InChI is InChI=1S/C14H8Br2O2S3/c15-13-5-1-9(19-13)7-11-3-4-12(21(11,17)18)8-10-2-6-14(16)20-10/h1-8H/b11-7+,12-8+. The predicted octanol–water partition coefficient (Wildman–Crippen LogP) is 5.70. The lowest BCUT2D eigenvalue weighted by atomic mass is 10.3. The molecule has 7 heteroatoms. The molecule has 2 aromatic rings. The van der Waals surface area contributed by atoms with Gasteiger partial charge in [0, 0.05) is 9.75 Å². The van der Waals surface area contributed by atoms with Crippen molar-refractivity contribution in [2.24, 2.45) is 0 Å². The van der Waals surface area contributed by atoms with E-state index in [1.54, 1.807) is 24.3 Å². The molecule has 0 fully saturated rings. The SMILES string of the molecule is O=S1(=O)/C(=C/c2ccc(Br)s2)C=C/C1=C\c1ccc(Br)s1. The summed E-state index contributed by atoms with van der Waals surface area (Å²) < 4.78 is 27.0. The van der Waals surface area contributed by atoms with Gasteiger partial charge in [-0.2, -0.15) is 0 Å². The van der Waals surface area contributed by atoms with Crippen LogP contribution in [0, 0.1) is 0 Å². The zero-order valence-electron chi connectivity index (χ0n) is 10.4. The Morgan fingerprint density at radius 1 is 0.810 bits per heavy atom. The molecule has 0 saturated heterocycles. The first kappa shape index (κ1) is 15.4. The monoisotopic (exact) mass is 462 g/mol. The molecule has 1 aliphatic rings. The lowest BCUT2D eigenvalue weighted by Gasteiger charge is -1.98. The fourth-order valence-electron chi connectivity index (χ4n) is 1.82. The summed E-state index contributed by atoms with van der Waals surface area (Å²) in [6.07, 6.45) is 6.70. The molecular formula is C14H8Br2O2S3. The van der Waals surface area contributed by atoms with Crippen molar-refractivity contribution in [3.8, 4) is 0 Å². The molecule has 0 amide bonds. The largest absolute Gasteiger partial charge is 0.219 e. The van der Waals surface area contributed by atoms with E-state index in [0.717, 1.165) is 17.3 Å². The van der Waals surface area contributed by atoms with Crippen molar-refractivity contribution in [3.63, 3.8) is 0 Å². The molecule has 2 nitrogen and oxygen atoms in total. The highest BCUT2D eigenvalue weighted by atomic mass is 79.9. The molecule has 0 saturated carbocycles. The molecule has 0 radical (unpaired) electrons. The van der Waals surface area contributed by atoms with E-state index in [1.165, 1.54) is 22.7 Å². The van der Waals surface area contributed by atoms with E-state index in [9.17, 15) is 8.42 Å². The topological polar surface area (TPSA) is 34.1 Å². The molecule has 3 heterocycles. The maximum atomic E-state index is 12.5. The zero-order valence-corrected chi connectivity index (χ0v) is 16.0. The molecule has 0 spiro atoms. The second kappa shape index (κ2) is 5.96. The predicted molar refractivity (Wildman–Crippen MR) is 98.1 cm³/mol. The molecule has 3 rings (SSSR count). The Kier molecular flexibility index (Phi) is 4.38. The molecule has 108 valence electrons. The van der Waals surface area contributed by atoms with Gasteiger partial charge < -0.3 is 0 Å². The first-order valence-electron chi connectivity index (χ1n) is 5.82. The van der Waals surface area contributed by atoms with Crippen LogP contribution in [0.4, 0.5) is 0 Å². The smallest absolute Gasteiger partial charge is 0.206 e. The molecule has 1 aliphatic heterocycles. The van der Waals surface area contributed by atoms with Crippen molar-refractivity contribution in [3.05, 3.63) is 63.6 Å². The average molecular weight is 464 g/mol. The highest BCUT2D eigenvalue weighted by Gasteiger charge is 2.25. The summed E-state index contributed by atoms with van der Waals surface area (Å²) in [6.45, 7) is 0. The van der Waals surface area contributed by atoms with E-state index in [0.29, 0.717) is 9.81 Å². The molecular weight excluding hydrogens is 456 g/mol. The number of allylic oxidation sites excluding steroid dienone is 2. The highest BCUT2D eigenvalue weighted by Crippen LogP contribution is 2.34. The van der Waals surface area contributed by atoms with E-state index in [-0.39, 0.29) is 0 Å². The summed E-state index contributed by atoms with van der Waals surface area (Å²) in [4.78, 5) is 2.48. The average Bonchev–Trinajstić information content (AvgIpc) is 3.07. The fourth-order valence-corrected chi connectivity index (χ4v) is 6.06. The second-order valence-electron chi connectivity index (χ2n) is 4.21. The van der Waals surface area contributed by atoms with E-state index in [1.807, 2.05) is 24.3 Å². The first-order chi connectivity index (χ1) is 9.95. The quantitative estimate of drug-likeness (QED) is 0.572. The van der Waals surface area contributed by atoms with Crippen LogP contribution in [-0.4, -0.2) is 8.42 Å². The summed E-state index contributed by atoms with van der Waals surface area (Å²) in [7, 11) is -3.41. The van der Waals surface area contributed by atoms with Crippen LogP contribution in [0.25, 0.3) is 12.2 Å². The summed E-state index contributed by atoms with van der Waals surface area (Å²) in [5, 5.41) is 0. The van der Waals surface area contributed by atoms with Gasteiger partial charge in [0.15, 0.2) is 0 Å². The summed E-state index contributed by atoms with van der Waals surface area (Å²) >= 11 is 9.76. The molecule has 21 heavy (non-hydrogen) atoms. The van der Waals surface area contributed by atoms with Crippen LogP contribution in [0.15, 0.2) is 53.8 Å². The summed E-state index contributed by atoms with van der Waals surface area (Å²) in [6, 6.07) is 7.59. The van der Waals surface area contributed by atoms with Gasteiger partial charge in [-0.25, -0.2) is 8.42 Å². The fraction of sp³-hybridized carbons (Fsp3) is 0. The molecule has 0 unspecified atom stereocenters. The molecule has 0 aromatic carbocycles. The van der Waals surface area contributed by atoms with E-state index >= 15 is 0 Å². The number of hydrogen-bond acceptors (Lipinski definition) is 4. The molecule has 0 atom stereocenters. The Morgan fingerprint density at radius 3 is 1.57 bits per heavy atom. The Morgan fingerprint density at radius 2 is 1.24 bits per heavy atom. The number of rotatable bonds is 2. The van der Waals surface area contributed by atoms with Gasteiger partial charge in [0.25, 0.3) is 0 Å². The van der Waals surface area contributed by atoms with Crippen LogP contribution in [-0.2, 0) is 9.84 Å². The van der Waals surface area contributed by atoms with Crippen molar-refractivity contribution in [2.75, 3.05) is 0 Å². The van der Waals surface area contributed by atoms with Gasteiger partial charge in [-0.1, -0.05) is 0 Å². The number of thiophene rings is 2. The van der Waals surface area contributed by atoms with Crippen LogP contribution in [0.5, 0.6) is 0 Å². The van der Waals surface area contributed by atoms with Crippen molar-refractivity contribution in [1.29, 1.82) is 0 Å². The van der Waals surface area contributed by atoms with Gasteiger partial charge in [0.05, 0.1) is 17.4 Å². The van der Waals surface area contributed by atoms with Crippen molar-refractivity contribution in [2.45, 2.75) is 0 Å². The van der Waals surface area contributed by atoms with E-state index in [2.05, 4.69) is 31.9 Å². The van der Waals surface area contributed by atoms with Crippen LogP contribution in [0.1, 0.15) is 9.75 Å². The van der Waals surface area contributed by atoms with Crippen molar-refractivity contribution in [1.82, 2.24) is 0 Å². The second-order valence-corrected chi connectivity index (χ2v) is 11.2. The van der Waals surface area contributed by atoms with Crippen LogP contribution in [0.2, 0.25) is 0 Å². The molecule has 0 aliphatic carbocycles. The maximum absolute atomic E-state index is 12.5. The minimum atomic E-state index is -3.41. The van der Waals surface area contributed by atoms with Crippen LogP contribution in [0.3, 0.4) is 0 Å². The summed E-state index contributed by atoms with van der Waals surface area (Å²) in [5.74, 6) is 0. The normalized spacial score (nSPS) is 20.7. The van der Waals surface area contributed by atoms with Crippen LogP contribution >= 0.6 is 54.5 Å². The van der Waals surface area contributed by atoms with Gasteiger partial charge in [-0.15, -0.1) is 22.7 Å². The molecule has 0 N–H and O–H groups in total. The molecule has 2 aromatic heterocycles. The lowest BCUT2D eigenvalue weighted by Crippen LogP contribution is -1.98. The third kappa shape index (κ3) is 3.32. The Bertz CT molecular complexity index is 817. The minimum Gasteiger partial charge on any atom is -0.219 e. The lowest BCUT2D eigenvalue weighted by molar-refractivity contribution is 0.610. The number of hydrogen-bond donors (Lipinski definition) is 0. The van der Waals surface area contributed by atoms with Crippen LogP contribution < -0.4 is 0 Å². The van der Waals surface area contributed by atoms with Crippen molar-refractivity contribution < 1.29 is 8.42 Å². The Balaban J connectivity index is 1.97. The van der Waals surface area contributed by atoms with Crippen molar-refractivity contribution >= 4 is 76.5 Å². The number of sulfone groups is 1. The van der Waals surface area contributed by atoms with E-state index in [4.69, 9.17) is 0 Å². The Hall–Kier alpha value is -0.470. The van der Waals surface area contributed by atoms with Gasteiger partial charge in [-0.3, -0.25) is 0 Å². The van der Waals surface area contributed by atoms with Gasteiger partial charge in [0.2, 0.25) is 9.84 Å². The zero-order chi connectivity index (χ0) is 15.0. The maximum Gasteiger partial charge on any atom is 0.206 e. The highest BCUT2D eigenvalue weighted by molar-refractivity contribution is 9.11. The Labute approximate surface area is 147 Å². The summed E-state index contributed by atoms with van der Waals surface area (Å²) in [5.41, 5.74) is 0. The van der Waals surface area contributed by atoms with Gasteiger partial charge >= 0.3 is 0 Å². The van der Waals surface area contributed by atoms with Gasteiger partial charge in [0.1, 0.15) is 0 Å². The van der Waals surface area contributed by atoms with E-state index < -0.39 is 9.84 Å². The first-order valence-corrected chi connectivity index (χ1v) is 10.5. The third-order valence-corrected chi connectivity index (χ3v) is 7.68. The minimum absolute atomic E-state index is 0.332. The number of halogens is 2. The van der Waals surface area contributed by atoms with Gasteiger partial charge in [-0.05, 0) is 80.4 Å².